The molecule has 0 radical (unpaired) electrons. The summed E-state index contributed by atoms with van der Waals surface area (Å²) >= 11 is 1.70. The van der Waals surface area contributed by atoms with Crippen molar-refractivity contribution in [1.29, 1.82) is 0 Å². The van der Waals surface area contributed by atoms with E-state index in [1.165, 1.54) is 17.9 Å². The molecule has 0 aliphatic carbocycles. The Balaban J connectivity index is 1.62. The standard InChI is InChI=1S/C17H18F3N3OS/c1-12-14(4-5-15(21-12)17(18,19)20)16(24)23-8-6-22(7-9-23)11-13-3-2-10-25-13/h2-5,10H,6-9,11H2,1H3. The highest BCUT2D eigenvalue weighted by atomic mass is 32.1. The van der Waals surface area contributed by atoms with Crippen molar-refractivity contribution in [3.8, 4) is 0 Å². The Hall–Kier alpha value is -1.93. The lowest BCUT2D eigenvalue weighted by Gasteiger charge is -2.34. The van der Waals surface area contributed by atoms with E-state index in [0.717, 1.165) is 25.7 Å². The van der Waals surface area contributed by atoms with Crippen LogP contribution >= 0.6 is 11.3 Å². The topological polar surface area (TPSA) is 36.4 Å². The van der Waals surface area contributed by atoms with Gasteiger partial charge in [0.05, 0.1) is 11.3 Å². The van der Waals surface area contributed by atoms with Gasteiger partial charge < -0.3 is 4.90 Å². The number of aryl methyl sites for hydroxylation is 1. The number of amides is 1. The highest BCUT2D eigenvalue weighted by Gasteiger charge is 2.33. The van der Waals surface area contributed by atoms with Gasteiger partial charge in [0.1, 0.15) is 5.69 Å². The molecule has 3 heterocycles. The maximum absolute atomic E-state index is 12.7. The van der Waals surface area contributed by atoms with E-state index in [4.69, 9.17) is 0 Å². The van der Waals surface area contributed by atoms with Crippen molar-refractivity contribution in [1.82, 2.24) is 14.8 Å². The molecule has 2 aromatic heterocycles. The predicted octanol–water partition coefficient (Wildman–Crippen LogP) is 3.43. The van der Waals surface area contributed by atoms with E-state index in [-0.39, 0.29) is 17.2 Å². The summed E-state index contributed by atoms with van der Waals surface area (Å²) in [7, 11) is 0. The second kappa shape index (κ2) is 7.13. The van der Waals surface area contributed by atoms with Crippen molar-refractivity contribution in [2.75, 3.05) is 26.2 Å². The van der Waals surface area contributed by atoms with Crippen molar-refractivity contribution in [3.63, 3.8) is 0 Å². The van der Waals surface area contributed by atoms with E-state index in [0.29, 0.717) is 13.1 Å². The first-order valence-corrected chi connectivity index (χ1v) is 8.81. The van der Waals surface area contributed by atoms with Crippen molar-refractivity contribution in [3.05, 3.63) is 51.5 Å². The fourth-order valence-electron chi connectivity index (χ4n) is 2.85. The average molecular weight is 369 g/mol. The zero-order chi connectivity index (χ0) is 18.0. The lowest BCUT2D eigenvalue weighted by Crippen LogP contribution is -2.48. The summed E-state index contributed by atoms with van der Waals surface area (Å²) in [5, 5.41) is 2.04. The van der Waals surface area contributed by atoms with Gasteiger partial charge in [-0.3, -0.25) is 9.69 Å². The van der Waals surface area contributed by atoms with E-state index >= 15 is 0 Å². The van der Waals surface area contributed by atoms with Crippen LogP contribution in [-0.4, -0.2) is 46.9 Å². The maximum Gasteiger partial charge on any atom is 0.433 e. The second-order valence-corrected chi connectivity index (χ2v) is 7.01. The van der Waals surface area contributed by atoms with Crippen LogP contribution in [0.4, 0.5) is 13.2 Å². The SMILES string of the molecule is Cc1nc(C(F)(F)F)ccc1C(=O)N1CCN(Cc2cccs2)CC1. The third-order valence-corrected chi connectivity index (χ3v) is 5.09. The summed E-state index contributed by atoms with van der Waals surface area (Å²) in [6.45, 7) is 4.92. The summed E-state index contributed by atoms with van der Waals surface area (Å²) < 4.78 is 38.1. The lowest BCUT2D eigenvalue weighted by atomic mass is 10.1. The van der Waals surface area contributed by atoms with Gasteiger partial charge in [0.15, 0.2) is 0 Å². The fraction of sp³-hybridized carbons (Fsp3) is 0.412. The molecule has 0 N–H and O–H groups in total. The Morgan fingerprint density at radius 1 is 1.20 bits per heavy atom. The molecular formula is C17H18F3N3OS. The summed E-state index contributed by atoms with van der Waals surface area (Å²) in [6, 6.07) is 6.19. The molecule has 0 spiro atoms. The molecule has 1 aliphatic heterocycles. The van der Waals surface area contributed by atoms with Crippen LogP contribution in [0.15, 0.2) is 29.6 Å². The van der Waals surface area contributed by atoms with Crippen LogP contribution in [0.1, 0.15) is 26.6 Å². The third kappa shape index (κ3) is 4.19. The maximum atomic E-state index is 12.7. The molecule has 1 saturated heterocycles. The molecule has 0 atom stereocenters. The summed E-state index contributed by atoms with van der Waals surface area (Å²) in [5.41, 5.74) is -0.622. The number of aromatic nitrogens is 1. The van der Waals surface area contributed by atoms with Crippen LogP contribution < -0.4 is 0 Å². The molecule has 0 saturated carbocycles. The molecule has 4 nitrogen and oxygen atoms in total. The molecule has 0 aromatic carbocycles. The number of rotatable bonds is 3. The van der Waals surface area contributed by atoms with E-state index in [1.807, 2.05) is 11.4 Å². The van der Waals surface area contributed by atoms with Crippen LogP contribution in [0.2, 0.25) is 0 Å². The molecule has 3 rings (SSSR count). The minimum absolute atomic E-state index is 0.112. The number of piperazine rings is 1. The smallest absolute Gasteiger partial charge is 0.336 e. The van der Waals surface area contributed by atoms with E-state index < -0.39 is 11.9 Å². The molecule has 134 valence electrons. The number of carbonyl (C=O) groups is 1. The minimum atomic E-state index is -4.50. The van der Waals surface area contributed by atoms with Crippen LogP contribution in [0.25, 0.3) is 0 Å². The van der Waals surface area contributed by atoms with Gasteiger partial charge in [-0.1, -0.05) is 6.07 Å². The second-order valence-electron chi connectivity index (χ2n) is 5.97. The first-order valence-electron chi connectivity index (χ1n) is 7.93. The van der Waals surface area contributed by atoms with Crippen molar-refractivity contribution in [2.45, 2.75) is 19.6 Å². The molecule has 8 heteroatoms. The van der Waals surface area contributed by atoms with Crippen molar-refractivity contribution < 1.29 is 18.0 Å². The van der Waals surface area contributed by atoms with E-state index in [9.17, 15) is 18.0 Å². The summed E-state index contributed by atoms with van der Waals surface area (Å²) in [6.07, 6.45) is -4.50. The normalized spacial score (nSPS) is 16.2. The summed E-state index contributed by atoms with van der Waals surface area (Å²) in [5.74, 6) is -0.255. The number of nitrogens with zero attached hydrogens (tertiary/aromatic N) is 3. The highest BCUT2D eigenvalue weighted by molar-refractivity contribution is 7.09. The van der Waals surface area contributed by atoms with Gasteiger partial charge in [-0.05, 0) is 30.5 Å². The molecule has 2 aromatic rings. The van der Waals surface area contributed by atoms with Gasteiger partial charge in [-0.25, -0.2) is 4.98 Å². The Bertz CT molecular complexity index is 738. The molecule has 0 unspecified atom stereocenters. The van der Waals surface area contributed by atoms with E-state index in [1.54, 1.807) is 16.2 Å². The van der Waals surface area contributed by atoms with Gasteiger partial charge in [0.25, 0.3) is 5.91 Å². The van der Waals surface area contributed by atoms with Crippen LogP contribution in [0, 0.1) is 6.92 Å². The number of hydrogen-bond acceptors (Lipinski definition) is 4. The Morgan fingerprint density at radius 3 is 2.48 bits per heavy atom. The van der Waals surface area contributed by atoms with Gasteiger partial charge >= 0.3 is 6.18 Å². The molecule has 1 aliphatic rings. The fourth-order valence-corrected chi connectivity index (χ4v) is 3.59. The first kappa shape index (κ1) is 17.9. The number of pyridine rings is 1. The lowest BCUT2D eigenvalue weighted by molar-refractivity contribution is -0.141. The zero-order valence-electron chi connectivity index (χ0n) is 13.7. The number of hydrogen-bond donors (Lipinski definition) is 0. The van der Waals surface area contributed by atoms with Crippen LogP contribution in [0.5, 0.6) is 0 Å². The zero-order valence-corrected chi connectivity index (χ0v) is 14.5. The highest BCUT2D eigenvalue weighted by Crippen LogP contribution is 2.28. The minimum Gasteiger partial charge on any atom is -0.336 e. The Kier molecular flexibility index (Phi) is 5.10. The van der Waals surface area contributed by atoms with Crippen LogP contribution in [-0.2, 0) is 12.7 Å². The first-order chi connectivity index (χ1) is 11.8. The quantitative estimate of drug-likeness (QED) is 0.832. The van der Waals surface area contributed by atoms with Gasteiger partial charge in [-0.15, -0.1) is 11.3 Å². The summed E-state index contributed by atoms with van der Waals surface area (Å²) in [4.78, 5) is 21.4. The van der Waals surface area contributed by atoms with Crippen LogP contribution in [0.3, 0.4) is 0 Å². The molecule has 25 heavy (non-hydrogen) atoms. The Morgan fingerprint density at radius 2 is 1.92 bits per heavy atom. The predicted molar refractivity (Wildman–Crippen MR) is 89.5 cm³/mol. The van der Waals surface area contributed by atoms with Crippen molar-refractivity contribution >= 4 is 17.2 Å². The van der Waals surface area contributed by atoms with Crippen molar-refractivity contribution in [2.24, 2.45) is 0 Å². The number of alkyl halides is 3. The molecular weight excluding hydrogens is 351 g/mol. The molecule has 1 amide bonds. The molecule has 0 bridgehead atoms. The third-order valence-electron chi connectivity index (χ3n) is 4.23. The van der Waals surface area contributed by atoms with E-state index in [2.05, 4.69) is 16.0 Å². The van der Waals surface area contributed by atoms with Gasteiger partial charge in [0.2, 0.25) is 0 Å². The Labute approximate surface area is 147 Å². The van der Waals surface area contributed by atoms with Gasteiger partial charge in [-0.2, -0.15) is 13.2 Å². The molecule has 1 fully saturated rings. The van der Waals surface area contributed by atoms with Gasteiger partial charge in [0, 0.05) is 37.6 Å². The largest absolute Gasteiger partial charge is 0.433 e. The number of thiophene rings is 1. The number of carbonyl (C=O) groups excluding carboxylic acids is 1. The number of halogens is 3. The monoisotopic (exact) mass is 369 g/mol. The average Bonchev–Trinajstić information content (AvgIpc) is 3.07.